The number of halogens is 1. The van der Waals surface area contributed by atoms with Gasteiger partial charge in [-0.2, -0.15) is 0 Å². The number of rotatable bonds is 9. The molecule has 0 atom stereocenters. The first kappa shape index (κ1) is 21.7. The predicted molar refractivity (Wildman–Crippen MR) is 123 cm³/mol. The van der Waals surface area contributed by atoms with E-state index in [1.807, 2.05) is 12.1 Å². The van der Waals surface area contributed by atoms with Crippen LogP contribution in [0.5, 0.6) is 0 Å². The van der Waals surface area contributed by atoms with Crippen molar-refractivity contribution in [2.75, 3.05) is 18.4 Å². The second kappa shape index (κ2) is 9.30. The molecule has 1 fully saturated rings. The van der Waals surface area contributed by atoms with Crippen molar-refractivity contribution in [1.82, 2.24) is 9.88 Å². The van der Waals surface area contributed by atoms with Crippen molar-refractivity contribution >= 4 is 32.9 Å². The molecule has 162 valence electrons. The largest absolute Gasteiger partial charge is 0.380 e. The number of thiazole rings is 1. The Hall–Kier alpha value is -2.55. The molecule has 5 nitrogen and oxygen atoms in total. The van der Waals surface area contributed by atoms with Gasteiger partial charge in [0.25, 0.3) is 0 Å². The third-order valence-electron chi connectivity index (χ3n) is 5.41. The zero-order valence-electron chi connectivity index (χ0n) is 17.1. The van der Waals surface area contributed by atoms with Crippen LogP contribution in [0.2, 0.25) is 0 Å². The molecule has 0 amide bonds. The monoisotopic (exact) mass is 457 g/mol. The van der Waals surface area contributed by atoms with Crippen LogP contribution in [0.4, 0.5) is 10.1 Å². The molecule has 1 saturated heterocycles. The lowest BCUT2D eigenvalue weighted by Crippen LogP contribution is -2.36. The number of benzene rings is 2. The quantitative estimate of drug-likeness (QED) is 0.504. The molecule has 1 N–H and O–H groups in total. The Morgan fingerprint density at radius 2 is 2.00 bits per heavy atom. The van der Waals surface area contributed by atoms with E-state index in [2.05, 4.69) is 33.9 Å². The number of hydrogen-bond acceptors (Lipinski definition) is 6. The average molecular weight is 458 g/mol. The fourth-order valence-electron chi connectivity index (χ4n) is 3.57. The summed E-state index contributed by atoms with van der Waals surface area (Å²) in [7, 11) is -3.86. The molecule has 1 aliphatic heterocycles. The van der Waals surface area contributed by atoms with Crippen molar-refractivity contribution in [1.29, 1.82) is 0 Å². The van der Waals surface area contributed by atoms with E-state index in [1.165, 1.54) is 41.5 Å². The number of anilines is 1. The van der Waals surface area contributed by atoms with Gasteiger partial charge in [-0.25, -0.2) is 17.8 Å². The molecule has 4 rings (SSSR count). The van der Waals surface area contributed by atoms with Gasteiger partial charge in [-0.3, -0.25) is 4.90 Å². The summed E-state index contributed by atoms with van der Waals surface area (Å²) in [6, 6.07) is 10.8. The van der Waals surface area contributed by atoms with Crippen molar-refractivity contribution in [3.05, 3.63) is 82.1 Å². The lowest BCUT2D eigenvalue weighted by molar-refractivity contribution is 0.172. The van der Waals surface area contributed by atoms with E-state index in [9.17, 15) is 12.8 Å². The molecule has 0 bridgehead atoms. The van der Waals surface area contributed by atoms with E-state index in [-0.39, 0.29) is 10.6 Å². The average Bonchev–Trinajstić information content (AvgIpc) is 3.22. The van der Waals surface area contributed by atoms with E-state index in [4.69, 9.17) is 0 Å². The number of likely N-dealkylation sites (tertiary alicyclic amines) is 1. The molecule has 2 heterocycles. The summed E-state index contributed by atoms with van der Waals surface area (Å²) >= 11 is 1.31. The van der Waals surface area contributed by atoms with Gasteiger partial charge in [0.1, 0.15) is 10.7 Å². The van der Waals surface area contributed by atoms with E-state index < -0.39 is 15.7 Å². The molecule has 0 aliphatic carbocycles. The van der Waals surface area contributed by atoms with Crippen molar-refractivity contribution in [2.45, 2.75) is 30.2 Å². The van der Waals surface area contributed by atoms with Gasteiger partial charge in [0, 0.05) is 24.2 Å². The molecule has 0 radical (unpaired) electrons. The molecular weight excluding hydrogens is 433 g/mol. The van der Waals surface area contributed by atoms with Gasteiger partial charge in [-0.05, 0) is 48.3 Å². The highest BCUT2D eigenvalue weighted by Gasteiger charge is 2.23. The van der Waals surface area contributed by atoms with Crippen molar-refractivity contribution < 1.29 is 12.8 Å². The minimum Gasteiger partial charge on any atom is -0.380 e. The molecule has 31 heavy (non-hydrogen) atoms. The summed E-state index contributed by atoms with van der Waals surface area (Å²) in [5.41, 5.74) is 5.38. The fourth-order valence-corrected chi connectivity index (χ4v) is 5.60. The van der Waals surface area contributed by atoms with Crippen LogP contribution in [0.25, 0.3) is 6.08 Å². The Kier molecular flexibility index (Phi) is 6.50. The Morgan fingerprint density at radius 3 is 2.65 bits per heavy atom. The van der Waals surface area contributed by atoms with Crippen LogP contribution in [-0.2, 0) is 28.7 Å². The van der Waals surface area contributed by atoms with Crippen LogP contribution in [0.15, 0.2) is 58.8 Å². The molecule has 0 unspecified atom stereocenters. The Bertz CT molecular complexity index is 1170. The maximum atomic E-state index is 14.8. The summed E-state index contributed by atoms with van der Waals surface area (Å²) < 4.78 is 40.3. The summed E-state index contributed by atoms with van der Waals surface area (Å²) in [5.74, 6) is -1.11. The van der Waals surface area contributed by atoms with E-state index in [0.29, 0.717) is 23.5 Å². The molecule has 0 spiro atoms. The highest BCUT2D eigenvalue weighted by molar-refractivity contribution is 7.90. The maximum Gasteiger partial charge on any atom is 0.187 e. The zero-order valence-corrected chi connectivity index (χ0v) is 18.7. The predicted octanol–water partition coefficient (Wildman–Crippen LogP) is 4.72. The van der Waals surface area contributed by atoms with Crippen molar-refractivity contribution in [3.8, 4) is 0 Å². The minimum absolute atomic E-state index is 0.333. The Labute approximate surface area is 186 Å². The van der Waals surface area contributed by atoms with E-state index in [0.717, 1.165) is 25.2 Å². The Morgan fingerprint density at radius 1 is 1.23 bits per heavy atom. The molecule has 1 aromatic heterocycles. The molecule has 2 aromatic carbocycles. The van der Waals surface area contributed by atoms with Crippen LogP contribution in [0, 0.1) is 5.82 Å². The first-order chi connectivity index (χ1) is 15.0. The van der Waals surface area contributed by atoms with Crippen LogP contribution in [-0.4, -0.2) is 31.4 Å². The normalized spacial score (nSPS) is 14.2. The van der Waals surface area contributed by atoms with E-state index in [1.54, 1.807) is 10.9 Å². The lowest BCUT2D eigenvalue weighted by Gasteiger charge is -2.31. The van der Waals surface area contributed by atoms with Gasteiger partial charge >= 0.3 is 0 Å². The standard InChI is InChI=1S/C23H24FN3O2S2/c1-2-17-10-23(31(28,29)15-20-14-30-16-26-20)21(24)11-22(17)25-12-18-6-3-4-7-19(18)13-27-8-5-9-27/h2-4,6-7,10-11,14,16,25H,1,5,8-9,12-13,15H2. The molecule has 0 saturated carbocycles. The molecule has 8 heteroatoms. The highest BCUT2D eigenvalue weighted by Crippen LogP contribution is 2.28. The number of nitrogens with zero attached hydrogens (tertiary/aromatic N) is 2. The topological polar surface area (TPSA) is 62.3 Å². The minimum atomic E-state index is -3.86. The van der Waals surface area contributed by atoms with Gasteiger partial charge in [0.15, 0.2) is 9.84 Å². The summed E-state index contributed by atoms with van der Waals surface area (Å²) in [5, 5.41) is 4.91. The summed E-state index contributed by atoms with van der Waals surface area (Å²) in [4.78, 5) is 6.05. The van der Waals surface area contributed by atoms with Gasteiger partial charge in [-0.1, -0.05) is 36.9 Å². The molecule has 1 aliphatic rings. The maximum absolute atomic E-state index is 14.8. The van der Waals surface area contributed by atoms with Gasteiger partial charge in [0.2, 0.25) is 0 Å². The van der Waals surface area contributed by atoms with Crippen LogP contribution in [0.3, 0.4) is 0 Å². The van der Waals surface area contributed by atoms with Crippen molar-refractivity contribution in [2.24, 2.45) is 0 Å². The number of sulfone groups is 1. The number of nitrogens with one attached hydrogen (secondary N) is 1. The summed E-state index contributed by atoms with van der Waals surface area (Å²) in [6.45, 7) is 7.41. The molecule has 3 aromatic rings. The third kappa shape index (κ3) is 5.03. The zero-order chi connectivity index (χ0) is 21.8. The second-order valence-electron chi connectivity index (χ2n) is 7.56. The SMILES string of the molecule is C=Cc1cc(S(=O)(=O)Cc2cscn2)c(F)cc1NCc1ccccc1CN1CCC1. The van der Waals surface area contributed by atoms with Crippen molar-refractivity contribution in [3.63, 3.8) is 0 Å². The van der Waals surface area contributed by atoms with Crippen LogP contribution >= 0.6 is 11.3 Å². The Balaban J connectivity index is 1.55. The highest BCUT2D eigenvalue weighted by atomic mass is 32.2. The van der Waals surface area contributed by atoms with Gasteiger partial charge in [-0.15, -0.1) is 11.3 Å². The first-order valence-corrected chi connectivity index (χ1v) is 12.6. The van der Waals surface area contributed by atoms with Crippen LogP contribution < -0.4 is 5.32 Å². The number of hydrogen-bond donors (Lipinski definition) is 1. The third-order valence-corrected chi connectivity index (χ3v) is 7.70. The fraction of sp³-hybridized carbons (Fsp3) is 0.261. The summed E-state index contributed by atoms with van der Waals surface area (Å²) in [6.07, 6.45) is 2.77. The molecular formula is C23H24FN3O2S2. The first-order valence-electron chi connectivity index (χ1n) is 10.0. The smallest absolute Gasteiger partial charge is 0.187 e. The lowest BCUT2D eigenvalue weighted by atomic mass is 10.0. The van der Waals surface area contributed by atoms with E-state index >= 15 is 0 Å². The van der Waals surface area contributed by atoms with Gasteiger partial charge in [0.05, 0.1) is 17.0 Å². The number of aromatic nitrogens is 1. The second-order valence-corrected chi connectivity index (χ2v) is 10.2. The van der Waals surface area contributed by atoms with Crippen LogP contribution in [0.1, 0.15) is 28.8 Å². The van der Waals surface area contributed by atoms with Gasteiger partial charge < -0.3 is 5.32 Å².